The van der Waals surface area contributed by atoms with Gasteiger partial charge in [0.25, 0.3) is 0 Å². The summed E-state index contributed by atoms with van der Waals surface area (Å²) in [6.45, 7) is 13.5. The molecule has 22 heavy (non-hydrogen) atoms. The summed E-state index contributed by atoms with van der Waals surface area (Å²) in [5, 5.41) is 10.7. The van der Waals surface area contributed by atoms with Crippen molar-refractivity contribution < 1.29 is 4.79 Å². The molecule has 0 saturated carbocycles. The van der Waals surface area contributed by atoms with Gasteiger partial charge in [0, 0.05) is 17.9 Å². The number of rotatable bonds is 5. The average Bonchev–Trinajstić information content (AvgIpc) is 2.72. The van der Waals surface area contributed by atoms with Gasteiger partial charge >= 0.3 is 0 Å². The zero-order chi connectivity index (χ0) is 16.3. The number of hydrogen-bond donors (Lipinski definition) is 2. The topological polar surface area (TPSA) is 59.0 Å². The zero-order valence-corrected chi connectivity index (χ0v) is 15.7. The molecule has 1 rings (SSSR count). The quantitative estimate of drug-likeness (QED) is 0.814. The Kier molecular flexibility index (Phi) is 7.58. The van der Waals surface area contributed by atoms with Crippen LogP contribution >= 0.6 is 12.4 Å². The van der Waals surface area contributed by atoms with Crippen molar-refractivity contribution in [2.75, 3.05) is 18.9 Å². The third-order valence-corrected chi connectivity index (χ3v) is 3.21. The lowest BCUT2D eigenvalue weighted by Crippen LogP contribution is -2.27. The molecule has 1 aromatic heterocycles. The first-order valence-electron chi connectivity index (χ1n) is 7.61. The molecule has 0 unspecified atom stereocenters. The molecule has 0 aromatic carbocycles. The Labute approximate surface area is 140 Å². The molecule has 5 nitrogen and oxygen atoms in total. The van der Waals surface area contributed by atoms with E-state index < -0.39 is 0 Å². The minimum absolute atomic E-state index is 0. The molecule has 1 amide bonds. The van der Waals surface area contributed by atoms with E-state index in [2.05, 4.69) is 52.2 Å². The molecule has 2 N–H and O–H groups in total. The number of anilines is 1. The largest absolute Gasteiger partial charge is 0.320 e. The maximum Gasteiger partial charge on any atom is 0.225 e. The number of halogens is 1. The molecule has 0 aliphatic carbocycles. The van der Waals surface area contributed by atoms with Crippen molar-refractivity contribution in [1.82, 2.24) is 15.1 Å². The van der Waals surface area contributed by atoms with Crippen LogP contribution in [0.3, 0.4) is 0 Å². The minimum atomic E-state index is -0.170. The summed E-state index contributed by atoms with van der Waals surface area (Å²) >= 11 is 0. The Balaban J connectivity index is 0.00000441. The Morgan fingerprint density at radius 1 is 1.23 bits per heavy atom. The molecule has 0 spiro atoms. The molecule has 0 saturated heterocycles. The molecular formula is C16H31ClN4O. The first-order chi connectivity index (χ1) is 9.55. The fourth-order valence-corrected chi connectivity index (χ4v) is 1.98. The highest BCUT2D eigenvalue weighted by Crippen LogP contribution is 2.28. The van der Waals surface area contributed by atoms with Gasteiger partial charge in [-0.05, 0) is 40.8 Å². The van der Waals surface area contributed by atoms with E-state index in [0.29, 0.717) is 6.42 Å². The predicted molar refractivity (Wildman–Crippen MR) is 95.0 cm³/mol. The lowest BCUT2D eigenvalue weighted by molar-refractivity contribution is -0.116. The van der Waals surface area contributed by atoms with Gasteiger partial charge < -0.3 is 10.6 Å². The summed E-state index contributed by atoms with van der Waals surface area (Å²) in [6.07, 6.45) is 1.35. The predicted octanol–water partition coefficient (Wildman–Crippen LogP) is 3.30. The van der Waals surface area contributed by atoms with Gasteiger partial charge in [0.1, 0.15) is 5.82 Å². The van der Waals surface area contributed by atoms with Crippen molar-refractivity contribution in [3.05, 3.63) is 11.8 Å². The Morgan fingerprint density at radius 3 is 2.27 bits per heavy atom. The third kappa shape index (κ3) is 5.97. The summed E-state index contributed by atoms with van der Waals surface area (Å²) in [6, 6.07) is 1.99. The second-order valence-corrected chi connectivity index (χ2v) is 7.50. The molecule has 6 heteroatoms. The lowest BCUT2D eigenvalue weighted by atomic mass is 9.92. The first kappa shape index (κ1) is 20.9. The molecule has 1 aromatic rings. The number of nitrogens with one attached hydrogen (secondary N) is 2. The third-order valence-electron chi connectivity index (χ3n) is 3.21. The van der Waals surface area contributed by atoms with E-state index >= 15 is 0 Å². The van der Waals surface area contributed by atoms with Crippen molar-refractivity contribution in [3.63, 3.8) is 0 Å². The summed E-state index contributed by atoms with van der Waals surface area (Å²) < 4.78 is 1.91. The zero-order valence-electron chi connectivity index (χ0n) is 14.9. The van der Waals surface area contributed by atoms with Crippen LogP contribution in [0.25, 0.3) is 0 Å². The number of carbonyl (C=O) groups is 1. The van der Waals surface area contributed by atoms with Crippen molar-refractivity contribution in [2.24, 2.45) is 0 Å². The molecule has 1 heterocycles. The average molecular weight is 331 g/mol. The van der Waals surface area contributed by atoms with Gasteiger partial charge in [-0.2, -0.15) is 5.10 Å². The normalized spacial score (nSPS) is 12.0. The molecule has 0 aliphatic rings. The van der Waals surface area contributed by atoms with Crippen LogP contribution in [0.1, 0.15) is 60.1 Å². The van der Waals surface area contributed by atoms with Gasteiger partial charge in [-0.25, -0.2) is 4.68 Å². The van der Waals surface area contributed by atoms with E-state index in [0.717, 1.165) is 24.5 Å². The fraction of sp³-hybridized carbons (Fsp3) is 0.750. The highest BCUT2D eigenvalue weighted by atomic mass is 35.5. The van der Waals surface area contributed by atoms with Gasteiger partial charge in [-0.15, -0.1) is 12.4 Å². The van der Waals surface area contributed by atoms with Gasteiger partial charge in [0.05, 0.1) is 11.2 Å². The summed E-state index contributed by atoms with van der Waals surface area (Å²) in [5.74, 6) is 0.818. The van der Waals surface area contributed by atoms with Crippen molar-refractivity contribution in [2.45, 2.75) is 65.3 Å². The van der Waals surface area contributed by atoms with Crippen LogP contribution in [0, 0.1) is 0 Å². The number of carbonyl (C=O) groups excluding carboxylic acids is 1. The van der Waals surface area contributed by atoms with Crippen LogP contribution < -0.4 is 10.6 Å². The van der Waals surface area contributed by atoms with Crippen LogP contribution in [0.15, 0.2) is 6.07 Å². The highest BCUT2D eigenvalue weighted by molar-refractivity contribution is 5.90. The maximum atomic E-state index is 12.0. The summed E-state index contributed by atoms with van der Waals surface area (Å²) in [4.78, 5) is 12.0. The lowest BCUT2D eigenvalue weighted by Gasteiger charge is -2.23. The number of aromatic nitrogens is 2. The Morgan fingerprint density at radius 2 is 1.82 bits per heavy atom. The van der Waals surface area contributed by atoms with Crippen LogP contribution in [0.2, 0.25) is 0 Å². The molecule has 128 valence electrons. The number of amides is 1. The van der Waals surface area contributed by atoms with Crippen LogP contribution in [0.5, 0.6) is 0 Å². The number of hydrogen-bond acceptors (Lipinski definition) is 3. The standard InChI is InChI=1S/C16H30N4O.ClH/c1-15(2,3)12-11-13(20(19-12)16(4,5)6)18-14(21)9-8-10-17-7;/h11,17H,8-10H2,1-7H3,(H,18,21);1H. The van der Waals surface area contributed by atoms with Gasteiger partial charge in [-0.3, -0.25) is 4.79 Å². The molecular weight excluding hydrogens is 300 g/mol. The summed E-state index contributed by atoms with van der Waals surface area (Å²) in [5.41, 5.74) is 0.780. The van der Waals surface area contributed by atoms with E-state index in [4.69, 9.17) is 5.10 Å². The van der Waals surface area contributed by atoms with Crippen LogP contribution in [-0.2, 0) is 15.7 Å². The van der Waals surface area contributed by atoms with Crippen molar-refractivity contribution in [1.29, 1.82) is 0 Å². The van der Waals surface area contributed by atoms with E-state index in [9.17, 15) is 4.79 Å². The van der Waals surface area contributed by atoms with Gasteiger partial charge in [-0.1, -0.05) is 20.8 Å². The highest BCUT2D eigenvalue weighted by Gasteiger charge is 2.25. The fourth-order valence-electron chi connectivity index (χ4n) is 1.98. The molecule has 0 atom stereocenters. The molecule has 0 fully saturated rings. The smallest absolute Gasteiger partial charge is 0.225 e. The second-order valence-electron chi connectivity index (χ2n) is 7.50. The van der Waals surface area contributed by atoms with Crippen LogP contribution in [0.4, 0.5) is 5.82 Å². The second kappa shape index (κ2) is 7.97. The van der Waals surface area contributed by atoms with Gasteiger partial charge in [0.2, 0.25) is 5.91 Å². The molecule has 0 bridgehead atoms. The van der Waals surface area contributed by atoms with E-state index in [1.54, 1.807) is 0 Å². The van der Waals surface area contributed by atoms with Crippen molar-refractivity contribution >= 4 is 24.1 Å². The van der Waals surface area contributed by atoms with Gasteiger partial charge in [0.15, 0.2) is 0 Å². The summed E-state index contributed by atoms with van der Waals surface area (Å²) in [7, 11) is 1.89. The molecule has 0 radical (unpaired) electrons. The van der Waals surface area contributed by atoms with E-state index in [1.165, 1.54) is 0 Å². The molecule has 0 aliphatic heterocycles. The monoisotopic (exact) mass is 330 g/mol. The van der Waals surface area contributed by atoms with Crippen LogP contribution in [-0.4, -0.2) is 29.3 Å². The maximum absolute atomic E-state index is 12.0. The van der Waals surface area contributed by atoms with Crippen molar-refractivity contribution in [3.8, 4) is 0 Å². The van der Waals surface area contributed by atoms with E-state index in [-0.39, 0.29) is 29.3 Å². The SMILES string of the molecule is CNCCCC(=O)Nc1cc(C(C)(C)C)nn1C(C)(C)C.Cl. The Hall–Kier alpha value is -1.07. The minimum Gasteiger partial charge on any atom is -0.320 e. The van der Waals surface area contributed by atoms with E-state index in [1.807, 2.05) is 17.8 Å². The number of nitrogens with zero attached hydrogens (tertiary/aromatic N) is 2. The Bertz CT molecular complexity index is 483. The first-order valence-corrected chi connectivity index (χ1v) is 7.61.